The first-order chi connectivity index (χ1) is 9.52. The zero-order valence-electron chi connectivity index (χ0n) is 11.0. The van der Waals surface area contributed by atoms with Crippen molar-refractivity contribution >= 4 is 15.7 Å². The number of hydrogen-bond donors (Lipinski definition) is 1. The summed E-state index contributed by atoms with van der Waals surface area (Å²) < 4.78 is 26.9. The Morgan fingerprint density at radius 1 is 1.10 bits per heavy atom. The third-order valence-corrected chi connectivity index (χ3v) is 4.12. The summed E-state index contributed by atoms with van der Waals surface area (Å²) in [5.74, 6) is -0.217. The molecule has 0 aliphatic rings. The second-order valence-corrected chi connectivity index (χ2v) is 6.17. The van der Waals surface area contributed by atoms with Gasteiger partial charge in [-0.1, -0.05) is 36.4 Å². The van der Waals surface area contributed by atoms with Gasteiger partial charge in [0.05, 0.1) is 23.1 Å². The van der Waals surface area contributed by atoms with Gasteiger partial charge in [-0.2, -0.15) is 5.26 Å². The van der Waals surface area contributed by atoms with E-state index in [-0.39, 0.29) is 5.75 Å². The van der Waals surface area contributed by atoms with Gasteiger partial charge in [0, 0.05) is 0 Å². The summed E-state index contributed by atoms with van der Waals surface area (Å²) in [6, 6.07) is 15.9. The highest BCUT2D eigenvalue weighted by Gasteiger charge is 2.15. The van der Waals surface area contributed by atoms with Crippen molar-refractivity contribution < 1.29 is 8.42 Å². The Hall–Kier alpha value is -2.32. The maximum atomic E-state index is 12.2. The first-order valence-electron chi connectivity index (χ1n) is 6.06. The maximum Gasteiger partial charge on any atom is 0.236 e. The van der Waals surface area contributed by atoms with E-state index in [1.54, 1.807) is 36.4 Å². The molecule has 0 saturated heterocycles. The smallest absolute Gasteiger partial charge is 0.236 e. The predicted octanol–water partition coefficient (Wildman–Crippen LogP) is 2.81. The number of rotatable bonds is 4. The zero-order valence-corrected chi connectivity index (χ0v) is 11.8. The molecule has 2 aromatic rings. The number of nitrogens with zero attached hydrogens (tertiary/aromatic N) is 1. The van der Waals surface area contributed by atoms with Crippen molar-refractivity contribution in [3.63, 3.8) is 0 Å². The molecule has 0 aliphatic carbocycles. The summed E-state index contributed by atoms with van der Waals surface area (Å²) in [5, 5.41) is 8.98. The molecule has 1 N–H and O–H groups in total. The molecule has 0 heterocycles. The van der Waals surface area contributed by atoms with E-state index < -0.39 is 10.0 Å². The lowest BCUT2D eigenvalue weighted by Crippen LogP contribution is -2.16. The van der Waals surface area contributed by atoms with Crippen LogP contribution in [0.4, 0.5) is 5.69 Å². The Labute approximate surface area is 118 Å². The molecule has 0 unspecified atom stereocenters. The third kappa shape index (κ3) is 3.37. The predicted molar refractivity (Wildman–Crippen MR) is 78.6 cm³/mol. The Morgan fingerprint density at radius 3 is 2.45 bits per heavy atom. The zero-order chi connectivity index (χ0) is 14.6. The summed E-state index contributed by atoms with van der Waals surface area (Å²) in [6.07, 6.45) is 0. The van der Waals surface area contributed by atoms with E-state index in [9.17, 15) is 8.42 Å². The molecule has 0 aliphatic heterocycles. The topological polar surface area (TPSA) is 70.0 Å². The fraction of sp³-hybridized carbons (Fsp3) is 0.133. The number of benzene rings is 2. The van der Waals surface area contributed by atoms with Crippen LogP contribution in [0.1, 0.15) is 16.7 Å². The highest BCUT2D eigenvalue weighted by atomic mass is 32.2. The van der Waals surface area contributed by atoms with Gasteiger partial charge in [0.1, 0.15) is 0 Å². The van der Waals surface area contributed by atoms with Crippen molar-refractivity contribution in [3.8, 4) is 6.07 Å². The lowest BCUT2D eigenvalue weighted by Gasteiger charge is -2.11. The lowest BCUT2D eigenvalue weighted by molar-refractivity contribution is 0.600. The van der Waals surface area contributed by atoms with Crippen LogP contribution in [-0.2, 0) is 15.8 Å². The van der Waals surface area contributed by atoms with Gasteiger partial charge in [-0.25, -0.2) is 8.42 Å². The largest absolute Gasteiger partial charge is 0.283 e. The Balaban J connectivity index is 2.25. The highest BCUT2D eigenvalue weighted by molar-refractivity contribution is 7.91. The van der Waals surface area contributed by atoms with Gasteiger partial charge in [0.2, 0.25) is 10.0 Å². The molecule has 4 nitrogen and oxygen atoms in total. The van der Waals surface area contributed by atoms with Crippen molar-refractivity contribution in [2.75, 3.05) is 4.72 Å². The van der Waals surface area contributed by atoms with E-state index in [0.717, 1.165) is 5.56 Å². The number of hydrogen-bond acceptors (Lipinski definition) is 3. The summed E-state index contributed by atoms with van der Waals surface area (Å²) in [7, 11) is -3.54. The second kappa shape index (κ2) is 5.76. The van der Waals surface area contributed by atoms with Gasteiger partial charge in [0.15, 0.2) is 0 Å². The summed E-state index contributed by atoms with van der Waals surface area (Å²) in [4.78, 5) is 0. The Kier molecular flexibility index (Phi) is 4.06. The van der Waals surface area contributed by atoms with E-state index in [4.69, 9.17) is 5.26 Å². The van der Waals surface area contributed by atoms with Crippen LogP contribution in [-0.4, -0.2) is 8.42 Å². The fourth-order valence-corrected chi connectivity index (χ4v) is 3.15. The average Bonchev–Trinajstić information content (AvgIpc) is 2.41. The molecule has 0 amide bonds. The molecule has 0 radical (unpaired) electrons. The summed E-state index contributed by atoms with van der Waals surface area (Å²) in [5.41, 5.74) is 2.28. The van der Waals surface area contributed by atoms with Crippen molar-refractivity contribution in [1.29, 1.82) is 5.26 Å². The Morgan fingerprint density at radius 2 is 1.75 bits per heavy atom. The van der Waals surface area contributed by atoms with Crippen LogP contribution in [0.2, 0.25) is 0 Å². The van der Waals surface area contributed by atoms with Crippen LogP contribution in [0, 0.1) is 18.3 Å². The number of para-hydroxylation sites is 1. The van der Waals surface area contributed by atoms with Crippen LogP contribution < -0.4 is 4.72 Å². The molecule has 0 fully saturated rings. The Bertz CT molecular complexity index is 761. The number of aryl methyl sites for hydroxylation is 1. The third-order valence-electron chi connectivity index (χ3n) is 2.89. The van der Waals surface area contributed by atoms with Crippen molar-refractivity contribution in [2.24, 2.45) is 0 Å². The molecule has 102 valence electrons. The van der Waals surface area contributed by atoms with Crippen LogP contribution in [0.25, 0.3) is 0 Å². The second-order valence-electron chi connectivity index (χ2n) is 4.45. The van der Waals surface area contributed by atoms with E-state index in [2.05, 4.69) is 4.72 Å². The first kappa shape index (κ1) is 14.1. The molecular formula is C15H14N2O2S. The fourth-order valence-electron chi connectivity index (χ4n) is 1.85. The van der Waals surface area contributed by atoms with E-state index in [0.29, 0.717) is 16.8 Å². The van der Waals surface area contributed by atoms with E-state index in [1.165, 1.54) is 0 Å². The average molecular weight is 286 g/mol. The van der Waals surface area contributed by atoms with Crippen LogP contribution in [0.5, 0.6) is 0 Å². The number of sulfonamides is 1. The number of anilines is 1. The SMILES string of the molecule is Cc1ccccc1NS(=O)(=O)Cc1ccccc1C#N. The van der Waals surface area contributed by atoms with E-state index >= 15 is 0 Å². The van der Waals surface area contributed by atoms with Crippen LogP contribution >= 0.6 is 0 Å². The molecule has 5 heteroatoms. The highest BCUT2D eigenvalue weighted by Crippen LogP contribution is 2.18. The molecule has 2 aromatic carbocycles. The maximum absolute atomic E-state index is 12.2. The monoisotopic (exact) mass is 286 g/mol. The van der Waals surface area contributed by atoms with Crippen LogP contribution in [0.15, 0.2) is 48.5 Å². The normalized spacial score (nSPS) is 10.8. The van der Waals surface area contributed by atoms with Crippen molar-refractivity contribution in [1.82, 2.24) is 0 Å². The van der Waals surface area contributed by atoms with Gasteiger partial charge >= 0.3 is 0 Å². The van der Waals surface area contributed by atoms with Gasteiger partial charge < -0.3 is 0 Å². The molecule has 0 atom stereocenters. The van der Waals surface area contributed by atoms with Crippen molar-refractivity contribution in [2.45, 2.75) is 12.7 Å². The number of nitriles is 1. The first-order valence-corrected chi connectivity index (χ1v) is 7.71. The summed E-state index contributed by atoms with van der Waals surface area (Å²) in [6.45, 7) is 1.83. The summed E-state index contributed by atoms with van der Waals surface area (Å²) >= 11 is 0. The molecule has 0 aromatic heterocycles. The minimum Gasteiger partial charge on any atom is -0.283 e. The van der Waals surface area contributed by atoms with E-state index in [1.807, 2.05) is 25.1 Å². The molecule has 0 bridgehead atoms. The minimum absolute atomic E-state index is 0.217. The standard InChI is InChI=1S/C15H14N2O2S/c1-12-6-2-5-9-15(12)17-20(18,19)11-14-8-4-3-7-13(14)10-16/h2-9,17H,11H2,1H3. The van der Waals surface area contributed by atoms with Gasteiger partial charge in [0.25, 0.3) is 0 Å². The van der Waals surface area contributed by atoms with Gasteiger partial charge in [-0.3, -0.25) is 4.72 Å². The lowest BCUT2D eigenvalue weighted by atomic mass is 10.1. The molecular weight excluding hydrogens is 272 g/mol. The van der Waals surface area contributed by atoms with Gasteiger partial charge in [-0.05, 0) is 30.2 Å². The van der Waals surface area contributed by atoms with Crippen molar-refractivity contribution in [3.05, 3.63) is 65.2 Å². The molecule has 0 saturated carbocycles. The van der Waals surface area contributed by atoms with Crippen LogP contribution in [0.3, 0.4) is 0 Å². The number of nitrogens with one attached hydrogen (secondary N) is 1. The minimum atomic E-state index is -3.54. The molecule has 2 rings (SSSR count). The van der Waals surface area contributed by atoms with Gasteiger partial charge in [-0.15, -0.1) is 0 Å². The molecule has 0 spiro atoms. The quantitative estimate of drug-likeness (QED) is 0.939. The molecule has 20 heavy (non-hydrogen) atoms.